The molecule has 92 valence electrons. The molecule has 0 amide bonds. The number of rotatable bonds is 1. The van der Waals surface area contributed by atoms with Crippen LogP contribution in [-0.4, -0.2) is 10.1 Å². The van der Waals surface area contributed by atoms with E-state index < -0.39 is 23.8 Å². The number of nitrogens with one attached hydrogen (secondary N) is 1. The fourth-order valence-electron chi connectivity index (χ4n) is 2.00. The van der Waals surface area contributed by atoms with Gasteiger partial charge in [0.2, 0.25) is 0 Å². The fraction of sp³-hybridized carbons (Fsp3) is 0.0833. The summed E-state index contributed by atoms with van der Waals surface area (Å²) in [6, 6.07) is 3.04. The van der Waals surface area contributed by atoms with Gasteiger partial charge in [-0.05, 0) is 17.5 Å². The number of aromatic amines is 1. The highest BCUT2D eigenvalue weighted by molar-refractivity contribution is 7.17. The van der Waals surface area contributed by atoms with Crippen LogP contribution in [0.4, 0.5) is 8.78 Å². The van der Waals surface area contributed by atoms with Crippen molar-refractivity contribution >= 4 is 32.3 Å². The van der Waals surface area contributed by atoms with Crippen molar-refractivity contribution in [2.45, 2.75) is 6.61 Å². The molecule has 0 bridgehead atoms. The highest BCUT2D eigenvalue weighted by Gasteiger charge is 2.16. The Hall–Kier alpha value is -1.79. The van der Waals surface area contributed by atoms with Gasteiger partial charge in [0.15, 0.2) is 11.6 Å². The van der Waals surface area contributed by atoms with Crippen molar-refractivity contribution in [1.29, 1.82) is 0 Å². The molecule has 0 fully saturated rings. The summed E-state index contributed by atoms with van der Waals surface area (Å²) in [5.41, 5.74) is -0.734. The quantitative estimate of drug-likeness (QED) is 0.711. The molecule has 2 heterocycles. The van der Waals surface area contributed by atoms with E-state index in [4.69, 9.17) is 5.11 Å². The van der Waals surface area contributed by atoms with Crippen LogP contribution in [0.3, 0.4) is 0 Å². The van der Waals surface area contributed by atoms with Crippen molar-refractivity contribution in [2.75, 3.05) is 0 Å². The van der Waals surface area contributed by atoms with Crippen LogP contribution in [0.1, 0.15) is 5.56 Å². The Morgan fingerprint density at radius 1 is 1.28 bits per heavy atom. The van der Waals surface area contributed by atoms with Crippen molar-refractivity contribution in [3.63, 3.8) is 0 Å². The number of fused-ring (bicyclic) bond motifs is 3. The lowest BCUT2D eigenvalue weighted by Gasteiger charge is -2.06. The average Bonchev–Trinajstić information content (AvgIpc) is 2.85. The first kappa shape index (κ1) is 11.3. The van der Waals surface area contributed by atoms with Crippen LogP contribution in [0.15, 0.2) is 22.3 Å². The summed E-state index contributed by atoms with van der Waals surface area (Å²) in [6.45, 7) is -0.594. The second-order valence-electron chi connectivity index (χ2n) is 3.86. The van der Waals surface area contributed by atoms with Crippen molar-refractivity contribution in [2.24, 2.45) is 0 Å². The standard InChI is InChI=1S/C12H7F2NO2S/c13-8-5(4-16)3-7-6-1-2-18-11(6)12(17)15-10(7)9(8)14/h1-3,16H,4H2,(H,15,17). The summed E-state index contributed by atoms with van der Waals surface area (Å²) in [6.07, 6.45) is 0. The van der Waals surface area contributed by atoms with E-state index in [0.29, 0.717) is 15.5 Å². The molecule has 0 aliphatic rings. The minimum atomic E-state index is -1.14. The third-order valence-electron chi connectivity index (χ3n) is 2.85. The Morgan fingerprint density at radius 3 is 2.78 bits per heavy atom. The normalized spacial score (nSPS) is 11.5. The molecule has 0 saturated heterocycles. The Morgan fingerprint density at radius 2 is 2.06 bits per heavy atom. The first-order valence-corrected chi connectivity index (χ1v) is 6.02. The molecule has 0 aliphatic heterocycles. The Balaban J connectivity index is 2.62. The van der Waals surface area contributed by atoms with E-state index in [1.807, 2.05) is 0 Å². The van der Waals surface area contributed by atoms with Gasteiger partial charge in [-0.3, -0.25) is 4.79 Å². The SMILES string of the molecule is O=c1[nH]c2c(F)c(F)c(CO)cc2c2ccsc12. The first-order valence-electron chi connectivity index (χ1n) is 5.14. The average molecular weight is 267 g/mol. The van der Waals surface area contributed by atoms with Gasteiger partial charge in [0.05, 0.1) is 12.1 Å². The zero-order valence-corrected chi connectivity index (χ0v) is 9.78. The van der Waals surface area contributed by atoms with E-state index in [2.05, 4.69) is 4.98 Å². The zero-order valence-electron chi connectivity index (χ0n) is 8.96. The molecule has 2 N–H and O–H groups in total. The predicted molar refractivity (Wildman–Crippen MR) is 65.8 cm³/mol. The molecule has 0 unspecified atom stereocenters. The monoisotopic (exact) mass is 267 g/mol. The lowest BCUT2D eigenvalue weighted by Crippen LogP contribution is -2.07. The number of thiophene rings is 1. The van der Waals surface area contributed by atoms with Crippen LogP contribution >= 0.6 is 11.3 Å². The second-order valence-corrected chi connectivity index (χ2v) is 4.78. The summed E-state index contributed by atoms with van der Waals surface area (Å²) in [5, 5.41) is 11.7. The van der Waals surface area contributed by atoms with Gasteiger partial charge in [0, 0.05) is 16.3 Å². The van der Waals surface area contributed by atoms with Crippen LogP contribution in [-0.2, 0) is 6.61 Å². The number of pyridine rings is 1. The maximum atomic E-state index is 13.8. The number of aliphatic hydroxyl groups is 1. The lowest BCUT2D eigenvalue weighted by atomic mass is 10.1. The zero-order chi connectivity index (χ0) is 12.9. The lowest BCUT2D eigenvalue weighted by molar-refractivity contribution is 0.274. The Labute approximate surface area is 103 Å². The van der Waals surface area contributed by atoms with Gasteiger partial charge >= 0.3 is 0 Å². The molecular formula is C12H7F2NO2S. The van der Waals surface area contributed by atoms with Crippen molar-refractivity contribution in [3.05, 3.63) is 45.1 Å². The third kappa shape index (κ3) is 1.39. The third-order valence-corrected chi connectivity index (χ3v) is 3.77. The second kappa shape index (κ2) is 3.86. The summed E-state index contributed by atoms with van der Waals surface area (Å²) in [7, 11) is 0. The van der Waals surface area contributed by atoms with Crippen LogP contribution in [0.5, 0.6) is 0 Å². The number of aliphatic hydroxyl groups excluding tert-OH is 1. The number of H-pyrrole nitrogens is 1. The first-order chi connectivity index (χ1) is 8.63. The van der Waals surface area contributed by atoms with Gasteiger partial charge in [-0.25, -0.2) is 8.78 Å². The maximum Gasteiger partial charge on any atom is 0.266 e. The van der Waals surface area contributed by atoms with E-state index in [1.165, 1.54) is 17.4 Å². The van der Waals surface area contributed by atoms with Gasteiger partial charge < -0.3 is 10.1 Å². The molecule has 0 radical (unpaired) electrons. The molecule has 1 aromatic carbocycles. The topological polar surface area (TPSA) is 53.1 Å². The van der Waals surface area contributed by atoms with E-state index in [0.717, 1.165) is 0 Å². The Bertz CT molecular complexity index is 822. The number of halogens is 2. The summed E-state index contributed by atoms with van der Waals surface area (Å²) < 4.78 is 27.8. The molecule has 18 heavy (non-hydrogen) atoms. The van der Waals surface area contributed by atoms with Crippen molar-refractivity contribution in [3.8, 4) is 0 Å². The van der Waals surface area contributed by atoms with Gasteiger partial charge in [-0.1, -0.05) is 0 Å². The minimum absolute atomic E-state index is 0.125. The molecule has 2 aromatic heterocycles. The van der Waals surface area contributed by atoms with Crippen molar-refractivity contribution in [1.82, 2.24) is 4.98 Å². The smallest absolute Gasteiger partial charge is 0.266 e. The predicted octanol–water partition coefficient (Wildman–Crippen LogP) is 2.51. The highest BCUT2D eigenvalue weighted by Crippen LogP contribution is 2.29. The summed E-state index contributed by atoms with van der Waals surface area (Å²) >= 11 is 1.23. The molecular weight excluding hydrogens is 260 g/mol. The molecule has 3 aromatic rings. The van der Waals surface area contributed by atoms with Gasteiger partial charge in [0.25, 0.3) is 5.56 Å². The highest BCUT2D eigenvalue weighted by atomic mass is 32.1. The van der Waals surface area contributed by atoms with Crippen LogP contribution in [0.25, 0.3) is 21.0 Å². The van der Waals surface area contributed by atoms with Gasteiger partial charge in [-0.2, -0.15) is 0 Å². The molecule has 0 spiro atoms. The van der Waals surface area contributed by atoms with Crippen LogP contribution in [0, 0.1) is 11.6 Å². The van der Waals surface area contributed by atoms with E-state index in [1.54, 1.807) is 11.4 Å². The minimum Gasteiger partial charge on any atom is -0.392 e. The molecule has 0 aliphatic carbocycles. The van der Waals surface area contributed by atoms with E-state index in [9.17, 15) is 13.6 Å². The Kier molecular flexibility index (Phi) is 2.42. The van der Waals surface area contributed by atoms with Crippen LogP contribution < -0.4 is 5.56 Å². The summed E-state index contributed by atoms with van der Waals surface area (Å²) in [4.78, 5) is 14.0. The number of hydrogen-bond donors (Lipinski definition) is 2. The fourth-order valence-corrected chi connectivity index (χ4v) is 2.80. The molecule has 3 nitrogen and oxygen atoms in total. The van der Waals surface area contributed by atoms with Crippen LogP contribution in [0.2, 0.25) is 0 Å². The molecule has 0 saturated carbocycles. The number of benzene rings is 1. The molecule has 6 heteroatoms. The van der Waals surface area contributed by atoms with Crippen molar-refractivity contribution < 1.29 is 13.9 Å². The van der Waals surface area contributed by atoms with Gasteiger partial charge in [0.1, 0.15) is 4.70 Å². The largest absolute Gasteiger partial charge is 0.392 e. The maximum absolute atomic E-state index is 13.8. The van der Waals surface area contributed by atoms with E-state index in [-0.39, 0.29) is 11.1 Å². The number of aromatic nitrogens is 1. The molecule has 0 atom stereocenters. The number of hydrogen-bond acceptors (Lipinski definition) is 3. The van der Waals surface area contributed by atoms with Gasteiger partial charge in [-0.15, -0.1) is 11.3 Å². The van der Waals surface area contributed by atoms with E-state index >= 15 is 0 Å². The summed E-state index contributed by atoms with van der Waals surface area (Å²) in [5.74, 6) is -2.27. The molecule has 3 rings (SSSR count).